The topological polar surface area (TPSA) is 38.1 Å². The van der Waals surface area contributed by atoms with Crippen LogP contribution in [0.4, 0.5) is 0 Å². The first-order valence-corrected chi connectivity index (χ1v) is 22.7. The molecule has 3 nitrogen and oxygen atoms in total. The van der Waals surface area contributed by atoms with Crippen molar-refractivity contribution in [2.75, 3.05) is 0 Å². The molecule has 0 fully saturated rings. The molecule has 0 amide bonds. The van der Waals surface area contributed by atoms with Crippen LogP contribution in [0.1, 0.15) is 102 Å². The molecule has 0 saturated carbocycles. The largest absolute Gasteiger partial charge is 0.255 e. The summed E-state index contributed by atoms with van der Waals surface area (Å²) in [5, 5.41) is 0. The lowest BCUT2D eigenvalue weighted by Crippen LogP contribution is -2.07. The average Bonchev–Trinajstić information content (AvgIpc) is 3.36. The van der Waals surface area contributed by atoms with Gasteiger partial charge in [0.15, 0.2) is 0 Å². The van der Waals surface area contributed by atoms with Gasteiger partial charge in [-0.15, -0.1) is 0 Å². The maximum Gasteiger partial charge on any atom is 0.0899 e. The summed E-state index contributed by atoms with van der Waals surface area (Å²) >= 11 is 0. The van der Waals surface area contributed by atoms with Gasteiger partial charge in [0.05, 0.1) is 28.5 Å². The molecule has 0 unspecified atom stereocenters. The fraction of sp³-hybridized carbons (Fsp3) is 0.164. The number of benzene rings is 4. The minimum absolute atomic E-state index is 0.818. The van der Waals surface area contributed by atoms with E-state index in [4.69, 9.17) is 15.0 Å². The van der Waals surface area contributed by atoms with Crippen LogP contribution in [0.15, 0.2) is 218 Å². The molecule has 0 spiro atoms. The molecule has 6 rings (SSSR count). The molecular weight excluding hydrogens is 775 g/mol. The van der Waals surface area contributed by atoms with Gasteiger partial charge in [0, 0.05) is 22.9 Å². The lowest BCUT2D eigenvalue weighted by Gasteiger charge is -2.18. The van der Waals surface area contributed by atoms with Gasteiger partial charge in [0.1, 0.15) is 0 Å². The standard InChI is InChI=1S/C59H57N3.C2H6/c1-7-11-13-14-18-28-44(5)56-42-53(43-57(61-56)55-38-23-24-39-60-55)50-35-26-37-52(41-50)59(62-58(48-32-21-16-22-33-48)45(6)46-29-19-15-20-30-46)54(10-4)51-36-25-34-49(40-51)47(27-9-3)31-17-12-8-2;1-2/h8,10-43H,7,9H2,1-6H3;1-2H3/b12-8-,13-11+,18-14-,31-17-,44-28+,47-27-,54-10-,58-45+,62-59-;. The molecule has 2 heterocycles. The fourth-order valence-corrected chi connectivity index (χ4v) is 7.21. The highest BCUT2D eigenvalue weighted by molar-refractivity contribution is 6.33. The summed E-state index contributed by atoms with van der Waals surface area (Å²) in [4.78, 5) is 15.6. The second-order valence-electron chi connectivity index (χ2n) is 14.9. The number of pyridine rings is 2. The third-order valence-corrected chi connectivity index (χ3v) is 10.5. The zero-order chi connectivity index (χ0) is 45.5. The normalized spacial score (nSPS) is 13.2. The minimum Gasteiger partial charge on any atom is -0.255 e. The van der Waals surface area contributed by atoms with Crippen molar-refractivity contribution in [2.24, 2.45) is 4.99 Å². The van der Waals surface area contributed by atoms with Gasteiger partial charge in [0.2, 0.25) is 0 Å². The highest BCUT2D eigenvalue weighted by Gasteiger charge is 2.18. The third kappa shape index (κ3) is 13.1. The van der Waals surface area contributed by atoms with Crippen LogP contribution in [-0.4, -0.2) is 15.7 Å². The van der Waals surface area contributed by atoms with Crippen molar-refractivity contribution in [2.45, 2.75) is 68.2 Å². The van der Waals surface area contributed by atoms with Gasteiger partial charge >= 0.3 is 0 Å². The van der Waals surface area contributed by atoms with Crippen molar-refractivity contribution in [3.05, 3.63) is 246 Å². The first-order valence-electron chi connectivity index (χ1n) is 22.7. The maximum atomic E-state index is 5.76. The number of rotatable bonds is 16. The number of hydrogen-bond acceptors (Lipinski definition) is 3. The molecule has 0 radical (unpaired) electrons. The summed E-state index contributed by atoms with van der Waals surface area (Å²) in [7, 11) is 0. The summed E-state index contributed by atoms with van der Waals surface area (Å²) < 4.78 is 0. The molecule has 0 aliphatic carbocycles. The van der Waals surface area contributed by atoms with Gasteiger partial charge < -0.3 is 0 Å². The van der Waals surface area contributed by atoms with E-state index in [1.807, 2.05) is 45.2 Å². The summed E-state index contributed by atoms with van der Waals surface area (Å²) in [6, 6.07) is 49.0. The molecule has 64 heavy (non-hydrogen) atoms. The highest BCUT2D eigenvalue weighted by atomic mass is 14.8. The van der Waals surface area contributed by atoms with Crippen LogP contribution >= 0.6 is 0 Å². The quantitative estimate of drug-likeness (QED) is 0.0553. The van der Waals surface area contributed by atoms with E-state index in [9.17, 15) is 0 Å². The number of aliphatic imine (C=N–C) groups is 1. The molecule has 0 aliphatic heterocycles. The Bertz CT molecular complexity index is 2700. The molecule has 0 aliphatic rings. The predicted octanol–water partition coefficient (Wildman–Crippen LogP) is 17.2. The van der Waals surface area contributed by atoms with Gasteiger partial charge in [-0.1, -0.05) is 198 Å². The van der Waals surface area contributed by atoms with Crippen molar-refractivity contribution in [1.29, 1.82) is 0 Å². The molecule has 4 aromatic carbocycles. The van der Waals surface area contributed by atoms with Crippen molar-refractivity contribution in [3.8, 4) is 22.5 Å². The fourth-order valence-electron chi connectivity index (χ4n) is 7.21. The Balaban J connectivity index is 0.00000380. The molecule has 0 N–H and O–H groups in total. The van der Waals surface area contributed by atoms with Crippen molar-refractivity contribution < 1.29 is 0 Å². The molecule has 0 bridgehead atoms. The van der Waals surface area contributed by atoms with E-state index in [-0.39, 0.29) is 0 Å². The zero-order valence-electron chi connectivity index (χ0n) is 39.0. The molecular formula is C61H63N3. The van der Waals surface area contributed by atoms with Crippen molar-refractivity contribution in [3.63, 3.8) is 0 Å². The molecule has 6 aromatic rings. The molecule has 322 valence electrons. The van der Waals surface area contributed by atoms with E-state index in [2.05, 4.69) is 223 Å². The summed E-state index contributed by atoms with van der Waals surface area (Å²) in [6.45, 7) is 16.8. The van der Waals surface area contributed by atoms with Crippen LogP contribution in [0, 0.1) is 0 Å². The second kappa shape index (κ2) is 25.6. The van der Waals surface area contributed by atoms with E-state index in [0.29, 0.717) is 0 Å². The lowest BCUT2D eigenvalue weighted by atomic mass is 9.90. The Morgan fingerprint density at radius 3 is 1.95 bits per heavy atom. The zero-order valence-corrected chi connectivity index (χ0v) is 39.0. The van der Waals surface area contributed by atoms with E-state index >= 15 is 0 Å². The van der Waals surface area contributed by atoms with Crippen LogP contribution in [0.2, 0.25) is 0 Å². The molecule has 0 atom stereocenters. The van der Waals surface area contributed by atoms with Crippen LogP contribution in [0.3, 0.4) is 0 Å². The first kappa shape index (κ1) is 47.8. The van der Waals surface area contributed by atoms with E-state index in [0.717, 1.165) is 97.0 Å². The summed E-state index contributed by atoms with van der Waals surface area (Å²) in [5.74, 6) is 0. The van der Waals surface area contributed by atoms with Gasteiger partial charge in [-0.25, -0.2) is 9.98 Å². The highest BCUT2D eigenvalue weighted by Crippen LogP contribution is 2.34. The third-order valence-electron chi connectivity index (χ3n) is 10.5. The van der Waals surface area contributed by atoms with Gasteiger partial charge in [-0.05, 0) is 121 Å². The summed E-state index contributed by atoms with van der Waals surface area (Å²) in [5.41, 5.74) is 16.2. The number of allylic oxidation sites excluding steroid dienone is 15. The monoisotopic (exact) mass is 838 g/mol. The van der Waals surface area contributed by atoms with Crippen LogP contribution in [0.25, 0.3) is 50.5 Å². The second-order valence-corrected chi connectivity index (χ2v) is 14.9. The molecule has 2 aromatic heterocycles. The van der Waals surface area contributed by atoms with Crippen molar-refractivity contribution >= 4 is 33.7 Å². The maximum absolute atomic E-state index is 5.76. The predicted molar refractivity (Wildman–Crippen MR) is 281 cm³/mol. The minimum atomic E-state index is 0.818. The lowest BCUT2D eigenvalue weighted by molar-refractivity contribution is 1.22. The number of hydrogen-bond donors (Lipinski definition) is 0. The Kier molecular flexibility index (Phi) is 19.2. The molecule has 3 heteroatoms. The van der Waals surface area contributed by atoms with Crippen molar-refractivity contribution in [1.82, 2.24) is 9.97 Å². The average molecular weight is 838 g/mol. The summed E-state index contributed by atoms with van der Waals surface area (Å²) in [6.07, 6.45) is 27.1. The Morgan fingerprint density at radius 2 is 1.27 bits per heavy atom. The molecule has 0 saturated heterocycles. The number of nitrogens with zero attached hydrogens (tertiary/aromatic N) is 3. The Hall–Kier alpha value is -7.23. The number of aromatic nitrogens is 2. The SMILES string of the molecule is CC.C\C=C/C=C\C(=C\CC)c1cccc(C(=C/C)/C(=N\C(=C(/C)c2ccccc2)c2ccccc2)c2cccc(-c3cc(/C(C)=C/C=C\C=C\CC)nc(-c4ccccn4)c3)c2)c1. The van der Waals surface area contributed by atoms with Crippen LogP contribution in [-0.2, 0) is 0 Å². The first-order chi connectivity index (χ1) is 31.4. The van der Waals surface area contributed by atoms with Gasteiger partial charge in [-0.2, -0.15) is 0 Å². The smallest absolute Gasteiger partial charge is 0.0899 e. The van der Waals surface area contributed by atoms with Gasteiger partial charge in [-0.3, -0.25) is 4.98 Å². The Morgan fingerprint density at radius 1 is 0.578 bits per heavy atom. The Labute approximate surface area is 383 Å². The van der Waals surface area contributed by atoms with E-state index in [1.54, 1.807) is 0 Å². The van der Waals surface area contributed by atoms with Gasteiger partial charge in [0.25, 0.3) is 0 Å². The van der Waals surface area contributed by atoms with Crippen LogP contribution in [0.5, 0.6) is 0 Å². The van der Waals surface area contributed by atoms with E-state index < -0.39 is 0 Å². The van der Waals surface area contributed by atoms with E-state index in [1.165, 1.54) is 5.57 Å². The van der Waals surface area contributed by atoms with Crippen LogP contribution < -0.4 is 0 Å².